The highest BCUT2D eigenvalue weighted by Gasteiger charge is 2.14. The lowest BCUT2D eigenvalue weighted by Crippen LogP contribution is -2.38. The molecular formula is C12H26N2O. The summed E-state index contributed by atoms with van der Waals surface area (Å²) in [7, 11) is 4.26. The lowest BCUT2D eigenvalue weighted by molar-refractivity contribution is 0.142. The predicted octanol–water partition coefficient (Wildman–Crippen LogP) is 1.49. The molecule has 1 saturated heterocycles. The van der Waals surface area contributed by atoms with Crippen LogP contribution in [0.5, 0.6) is 0 Å². The van der Waals surface area contributed by atoms with Gasteiger partial charge in [-0.2, -0.15) is 0 Å². The molecule has 2 atom stereocenters. The van der Waals surface area contributed by atoms with Crippen LogP contribution in [0.3, 0.4) is 0 Å². The summed E-state index contributed by atoms with van der Waals surface area (Å²) in [5.74, 6) is 0. The molecule has 0 aromatic heterocycles. The maximum Gasteiger partial charge on any atom is 0.0480 e. The van der Waals surface area contributed by atoms with E-state index in [1.807, 2.05) is 0 Å². The van der Waals surface area contributed by atoms with E-state index in [9.17, 15) is 0 Å². The van der Waals surface area contributed by atoms with E-state index in [-0.39, 0.29) is 0 Å². The molecule has 0 aromatic rings. The van der Waals surface area contributed by atoms with E-state index >= 15 is 0 Å². The Labute approximate surface area is 94.2 Å². The van der Waals surface area contributed by atoms with Crippen LogP contribution in [-0.4, -0.2) is 50.8 Å². The minimum atomic E-state index is 0.621. The zero-order valence-electron chi connectivity index (χ0n) is 10.5. The van der Waals surface area contributed by atoms with Crippen LogP contribution < -0.4 is 5.32 Å². The summed E-state index contributed by atoms with van der Waals surface area (Å²) < 4.78 is 5.46. The molecule has 0 radical (unpaired) electrons. The van der Waals surface area contributed by atoms with Gasteiger partial charge in [0, 0.05) is 25.3 Å². The third kappa shape index (κ3) is 6.13. The normalized spacial score (nSPS) is 25.2. The molecule has 1 heterocycles. The Hall–Kier alpha value is -0.120. The Morgan fingerprint density at radius 2 is 2.13 bits per heavy atom. The molecule has 3 nitrogen and oxygen atoms in total. The summed E-state index contributed by atoms with van der Waals surface area (Å²) in [6.07, 6.45) is 4.88. The van der Waals surface area contributed by atoms with Gasteiger partial charge in [0.15, 0.2) is 0 Å². The summed E-state index contributed by atoms with van der Waals surface area (Å²) in [5, 5.41) is 3.71. The van der Waals surface area contributed by atoms with Gasteiger partial charge in [-0.05, 0) is 53.2 Å². The van der Waals surface area contributed by atoms with Crippen molar-refractivity contribution in [3.05, 3.63) is 0 Å². The molecule has 0 aliphatic carbocycles. The molecule has 0 bridgehead atoms. The zero-order valence-corrected chi connectivity index (χ0v) is 10.5. The van der Waals surface area contributed by atoms with Crippen molar-refractivity contribution >= 4 is 0 Å². The first-order chi connectivity index (χ1) is 7.18. The van der Waals surface area contributed by atoms with E-state index in [4.69, 9.17) is 4.74 Å². The van der Waals surface area contributed by atoms with Crippen LogP contribution in [0.15, 0.2) is 0 Å². The zero-order chi connectivity index (χ0) is 11.1. The number of nitrogens with one attached hydrogen (secondary N) is 1. The van der Waals surface area contributed by atoms with Crippen molar-refractivity contribution in [1.29, 1.82) is 0 Å². The SMILES string of the molecule is CC(CCN(C)C)NC1CCCOCC1. The number of hydrogen-bond acceptors (Lipinski definition) is 3. The molecule has 2 unspecified atom stereocenters. The molecule has 0 saturated carbocycles. The smallest absolute Gasteiger partial charge is 0.0480 e. The number of rotatable bonds is 5. The molecule has 0 amide bonds. The Morgan fingerprint density at radius 1 is 1.33 bits per heavy atom. The van der Waals surface area contributed by atoms with Crippen LogP contribution in [0.4, 0.5) is 0 Å². The molecule has 0 aromatic carbocycles. The predicted molar refractivity (Wildman–Crippen MR) is 64.2 cm³/mol. The van der Waals surface area contributed by atoms with Crippen LogP contribution in [0.1, 0.15) is 32.6 Å². The van der Waals surface area contributed by atoms with Gasteiger partial charge in [-0.25, -0.2) is 0 Å². The average molecular weight is 214 g/mol. The van der Waals surface area contributed by atoms with Crippen molar-refractivity contribution < 1.29 is 4.74 Å². The van der Waals surface area contributed by atoms with Gasteiger partial charge in [0.1, 0.15) is 0 Å². The molecule has 90 valence electrons. The van der Waals surface area contributed by atoms with E-state index in [0.717, 1.165) is 19.8 Å². The molecule has 1 N–H and O–H groups in total. The highest BCUT2D eigenvalue weighted by atomic mass is 16.5. The van der Waals surface area contributed by atoms with E-state index in [1.54, 1.807) is 0 Å². The van der Waals surface area contributed by atoms with Crippen LogP contribution in [0, 0.1) is 0 Å². The van der Waals surface area contributed by atoms with Gasteiger partial charge < -0.3 is 15.0 Å². The first-order valence-electron chi connectivity index (χ1n) is 6.17. The van der Waals surface area contributed by atoms with Gasteiger partial charge in [-0.15, -0.1) is 0 Å². The third-order valence-corrected chi connectivity index (χ3v) is 2.98. The van der Waals surface area contributed by atoms with Crippen molar-refractivity contribution in [3.8, 4) is 0 Å². The summed E-state index contributed by atoms with van der Waals surface area (Å²) in [4.78, 5) is 2.24. The second kappa shape index (κ2) is 7.20. The first kappa shape index (κ1) is 12.9. The topological polar surface area (TPSA) is 24.5 Å². The average Bonchev–Trinajstić information content (AvgIpc) is 2.43. The fourth-order valence-electron chi connectivity index (χ4n) is 2.01. The van der Waals surface area contributed by atoms with Gasteiger partial charge >= 0.3 is 0 Å². The van der Waals surface area contributed by atoms with Crippen molar-refractivity contribution in [2.24, 2.45) is 0 Å². The number of ether oxygens (including phenoxy) is 1. The Bertz CT molecular complexity index is 154. The number of nitrogens with zero attached hydrogens (tertiary/aromatic N) is 1. The van der Waals surface area contributed by atoms with Crippen molar-refractivity contribution in [3.63, 3.8) is 0 Å². The van der Waals surface area contributed by atoms with Crippen LogP contribution >= 0.6 is 0 Å². The maximum absolute atomic E-state index is 5.46. The third-order valence-electron chi connectivity index (χ3n) is 2.98. The second-order valence-electron chi connectivity index (χ2n) is 4.90. The number of hydrogen-bond donors (Lipinski definition) is 1. The summed E-state index contributed by atoms with van der Waals surface area (Å²) in [6, 6.07) is 1.29. The van der Waals surface area contributed by atoms with Gasteiger partial charge in [-0.3, -0.25) is 0 Å². The monoisotopic (exact) mass is 214 g/mol. The highest BCUT2D eigenvalue weighted by Crippen LogP contribution is 2.09. The lowest BCUT2D eigenvalue weighted by atomic mass is 10.1. The van der Waals surface area contributed by atoms with Crippen LogP contribution in [-0.2, 0) is 4.74 Å². The minimum Gasteiger partial charge on any atom is -0.381 e. The van der Waals surface area contributed by atoms with Crippen LogP contribution in [0.25, 0.3) is 0 Å². The van der Waals surface area contributed by atoms with Gasteiger partial charge in [0.25, 0.3) is 0 Å². The molecular weight excluding hydrogens is 188 g/mol. The second-order valence-corrected chi connectivity index (χ2v) is 4.90. The molecule has 1 fully saturated rings. The molecule has 15 heavy (non-hydrogen) atoms. The van der Waals surface area contributed by atoms with Gasteiger partial charge in [0.2, 0.25) is 0 Å². The lowest BCUT2D eigenvalue weighted by Gasteiger charge is -2.22. The van der Waals surface area contributed by atoms with E-state index < -0.39 is 0 Å². The largest absolute Gasteiger partial charge is 0.381 e. The maximum atomic E-state index is 5.46. The Balaban J connectivity index is 2.14. The Morgan fingerprint density at radius 3 is 2.87 bits per heavy atom. The van der Waals surface area contributed by atoms with Crippen molar-refractivity contribution in [2.75, 3.05) is 33.9 Å². The van der Waals surface area contributed by atoms with Gasteiger partial charge in [0.05, 0.1) is 0 Å². The standard InChI is InChI=1S/C12H26N2O/c1-11(6-8-14(2)3)13-12-5-4-9-15-10-7-12/h11-13H,4-10H2,1-3H3. The molecule has 0 spiro atoms. The van der Waals surface area contributed by atoms with Crippen molar-refractivity contribution in [1.82, 2.24) is 10.2 Å². The molecule has 3 heteroatoms. The summed E-state index contributed by atoms with van der Waals surface area (Å²) in [6.45, 7) is 5.33. The molecule has 1 rings (SSSR count). The first-order valence-corrected chi connectivity index (χ1v) is 6.17. The minimum absolute atomic E-state index is 0.621. The molecule has 1 aliphatic heterocycles. The fraction of sp³-hybridized carbons (Fsp3) is 1.00. The van der Waals surface area contributed by atoms with Crippen LogP contribution in [0.2, 0.25) is 0 Å². The summed E-state index contributed by atoms with van der Waals surface area (Å²) in [5.41, 5.74) is 0. The fourth-order valence-corrected chi connectivity index (χ4v) is 2.01. The summed E-state index contributed by atoms with van der Waals surface area (Å²) >= 11 is 0. The molecule has 1 aliphatic rings. The van der Waals surface area contributed by atoms with Gasteiger partial charge in [-0.1, -0.05) is 0 Å². The highest BCUT2D eigenvalue weighted by molar-refractivity contribution is 4.73. The van der Waals surface area contributed by atoms with Crippen molar-refractivity contribution in [2.45, 2.75) is 44.7 Å². The van der Waals surface area contributed by atoms with E-state index in [2.05, 4.69) is 31.2 Å². The quantitative estimate of drug-likeness (QED) is 0.750. The van der Waals surface area contributed by atoms with E-state index in [0.29, 0.717) is 12.1 Å². The van der Waals surface area contributed by atoms with E-state index in [1.165, 1.54) is 25.7 Å². The Kier molecular flexibility index (Phi) is 6.22.